The van der Waals surface area contributed by atoms with Crippen LogP contribution in [0.3, 0.4) is 0 Å². The predicted molar refractivity (Wildman–Crippen MR) is 99.5 cm³/mol. The van der Waals surface area contributed by atoms with Crippen LogP contribution in [0.2, 0.25) is 0 Å². The van der Waals surface area contributed by atoms with Gasteiger partial charge in [-0.3, -0.25) is 9.59 Å². The van der Waals surface area contributed by atoms with Crippen molar-refractivity contribution < 1.29 is 9.59 Å². The molecule has 3 saturated carbocycles. The van der Waals surface area contributed by atoms with Crippen LogP contribution >= 0.6 is 22.6 Å². The quantitative estimate of drug-likeness (QED) is 0.414. The van der Waals surface area contributed by atoms with Crippen molar-refractivity contribution in [2.24, 2.45) is 34.5 Å². The Morgan fingerprint density at radius 2 is 1.83 bits per heavy atom. The van der Waals surface area contributed by atoms with E-state index in [0.717, 1.165) is 25.7 Å². The fourth-order valence-electron chi connectivity index (χ4n) is 6.69. The molecule has 0 bridgehead atoms. The summed E-state index contributed by atoms with van der Waals surface area (Å²) in [6, 6.07) is 0. The minimum atomic E-state index is -0.0454. The summed E-state index contributed by atoms with van der Waals surface area (Å²) in [6.45, 7) is 6.96. The van der Waals surface area contributed by atoms with Crippen LogP contribution in [0.5, 0.6) is 0 Å². The molecule has 0 radical (unpaired) electrons. The van der Waals surface area contributed by atoms with Crippen LogP contribution in [0, 0.1) is 34.5 Å². The van der Waals surface area contributed by atoms with Gasteiger partial charge in [0.25, 0.3) is 0 Å². The van der Waals surface area contributed by atoms with Crippen LogP contribution in [-0.2, 0) is 9.59 Å². The average molecular weight is 426 g/mol. The largest absolute Gasteiger partial charge is 0.299 e. The first kappa shape index (κ1) is 16.3. The van der Waals surface area contributed by atoms with Gasteiger partial charge < -0.3 is 0 Å². The van der Waals surface area contributed by atoms with E-state index < -0.39 is 0 Å². The summed E-state index contributed by atoms with van der Waals surface area (Å²) in [7, 11) is 0. The third-order valence-corrected chi connectivity index (χ3v) is 10.0. The van der Waals surface area contributed by atoms with Gasteiger partial charge in [-0.25, -0.2) is 0 Å². The summed E-state index contributed by atoms with van der Waals surface area (Å²) in [4.78, 5) is 24.8. The van der Waals surface area contributed by atoms with E-state index in [1.165, 1.54) is 18.4 Å². The maximum absolute atomic E-state index is 12.5. The highest BCUT2D eigenvalue weighted by Gasteiger charge is 2.61. The SMILES string of the molecule is C[C@H]1[C@H](I)C(=O)C=C2CC[C@@H]3[C@H](CC[C@]4(C)C(=O)CC[C@@H]34)[C@]21C. The van der Waals surface area contributed by atoms with Gasteiger partial charge in [0, 0.05) is 11.8 Å². The molecule has 7 atom stereocenters. The first-order chi connectivity index (χ1) is 10.8. The molecule has 0 aliphatic heterocycles. The molecule has 0 aromatic heterocycles. The molecular weight excluding hydrogens is 399 g/mol. The lowest BCUT2D eigenvalue weighted by atomic mass is 9.45. The van der Waals surface area contributed by atoms with Crippen molar-refractivity contribution in [2.45, 2.75) is 63.2 Å². The third-order valence-electron chi connectivity index (χ3n) is 8.33. The minimum absolute atomic E-state index is 0.0454. The van der Waals surface area contributed by atoms with Gasteiger partial charge in [0.05, 0.1) is 3.92 Å². The monoisotopic (exact) mass is 426 g/mol. The van der Waals surface area contributed by atoms with E-state index in [0.29, 0.717) is 35.2 Å². The van der Waals surface area contributed by atoms with Crippen molar-refractivity contribution in [3.05, 3.63) is 11.6 Å². The smallest absolute Gasteiger partial charge is 0.168 e. The van der Waals surface area contributed by atoms with Gasteiger partial charge >= 0.3 is 0 Å². The highest BCUT2D eigenvalue weighted by atomic mass is 127. The molecule has 3 heteroatoms. The number of rotatable bonds is 0. The van der Waals surface area contributed by atoms with Crippen molar-refractivity contribution in [2.75, 3.05) is 0 Å². The Morgan fingerprint density at radius 3 is 2.57 bits per heavy atom. The molecule has 4 aliphatic rings. The van der Waals surface area contributed by atoms with Crippen LogP contribution in [0.4, 0.5) is 0 Å². The first-order valence-electron chi connectivity index (χ1n) is 9.22. The van der Waals surface area contributed by atoms with Gasteiger partial charge in [0.2, 0.25) is 0 Å². The topological polar surface area (TPSA) is 34.1 Å². The number of hydrogen-bond acceptors (Lipinski definition) is 2. The Bertz CT molecular complexity index is 609. The molecular formula is C20H27IO2. The number of alkyl halides is 1. The standard InChI is InChI=1S/C20H27IO2/c1-11-18(21)16(22)10-12-4-5-13-14-6-7-17(23)19(14,2)9-8-15(13)20(11,12)3/h10-11,13-15,18H,4-9H2,1-3H3/t11-,13-,14-,15-,18-,19-,20-/m0/s1. The van der Waals surface area contributed by atoms with Crippen molar-refractivity contribution in [3.8, 4) is 0 Å². The number of carbonyl (C=O) groups is 2. The zero-order chi connectivity index (χ0) is 16.6. The lowest BCUT2D eigenvalue weighted by Gasteiger charge is -2.59. The molecule has 23 heavy (non-hydrogen) atoms. The molecule has 4 rings (SSSR count). The molecule has 0 N–H and O–H groups in total. The van der Waals surface area contributed by atoms with Gasteiger partial charge in [0.1, 0.15) is 5.78 Å². The summed E-state index contributed by atoms with van der Waals surface area (Å²) >= 11 is 2.36. The Balaban J connectivity index is 1.75. The van der Waals surface area contributed by atoms with E-state index in [-0.39, 0.29) is 14.8 Å². The first-order valence-corrected chi connectivity index (χ1v) is 10.5. The van der Waals surface area contributed by atoms with Crippen molar-refractivity contribution >= 4 is 34.2 Å². The maximum Gasteiger partial charge on any atom is 0.168 e. The number of hydrogen-bond donors (Lipinski definition) is 0. The number of allylic oxidation sites excluding steroid dienone is 1. The molecule has 126 valence electrons. The van der Waals surface area contributed by atoms with E-state index in [9.17, 15) is 9.59 Å². The van der Waals surface area contributed by atoms with E-state index in [4.69, 9.17) is 0 Å². The predicted octanol–water partition coefficient (Wildman–Crippen LogP) is 4.75. The molecule has 0 unspecified atom stereocenters. The van der Waals surface area contributed by atoms with E-state index in [1.807, 2.05) is 6.08 Å². The molecule has 3 fully saturated rings. The van der Waals surface area contributed by atoms with Crippen LogP contribution in [-0.4, -0.2) is 15.5 Å². The van der Waals surface area contributed by atoms with Gasteiger partial charge in [-0.2, -0.15) is 0 Å². The molecule has 0 amide bonds. The second kappa shape index (κ2) is 5.15. The Kier molecular flexibility index (Phi) is 3.65. The second-order valence-corrected chi connectivity index (χ2v) is 10.2. The Hall–Kier alpha value is -0.190. The fraction of sp³-hybridized carbons (Fsp3) is 0.800. The summed E-state index contributed by atoms with van der Waals surface area (Å²) in [5.74, 6) is 3.18. The summed E-state index contributed by atoms with van der Waals surface area (Å²) in [6.07, 6.45) is 8.37. The molecule has 4 aliphatic carbocycles. The van der Waals surface area contributed by atoms with Crippen molar-refractivity contribution in [3.63, 3.8) is 0 Å². The molecule has 0 spiro atoms. The second-order valence-electron chi connectivity index (χ2n) is 8.88. The Morgan fingerprint density at radius 1 is 1.09 bits per heavy atom. The Labute approximate surface area is 153 Å². The van der Waals surface area contributed by atoms with Crippen LogP contribution in [0.15, 0.2) is 11.6 Å². The lowest BCUT2D eigenvalue weighted by molar-refractivity contribution is -0.133. The molecule has 0 saturated heterocycles. The normalized spacial score (nSPS) is 52.5. The summed E-state index contributed by atoms with van der Waals surface area (Å²) in [5, 5.41) is 0. The van der Waals surface area contributed by atoms with Crippen LogP contribution < -0.4 is 0 Å². The van der Waals surface area contributed by atoms with Crippen LogP contribution in [0.25, 0.3) is 0 Å². The van der Waals surface area contributed by atoms with Gasteiger partial charge in [0.15, 0.2) is 5.78 Å². The zero-order valence-corrected chi connectivity index (χ0v) is 16.6. The van der Waals surface area contributed by atoms with Gasteiger partial charge in [-0.05, 0) is 67.3 Å². The maximum atomic E-state index is 12.5. The van der Waals surface area contributed by atoms with Crippen molar-refractivity contribution in [1.29, 1.82) is 0 Å². The molecule has 0 heterocycles. The van der Waals surface area contributed by atoms with E-state index >= 15 is 0 Å². The lowest BCUT2D eigenvalue weighted by Crippen LogP contribution is -2.55. The van der Waals surface area contributed by atoms with Crippen LogP contribution in [0.1, 0.15) is 59.3 Å². The zero-order valence-electron chi connectivity index (χ0n) is 14.4. The number of Topliss-reactive ketones (excluding diaryl/α,β-unsaturated/α-hetero) is 1. The fourth-order valence-corrected chi connectivity index (χ4v) is 7.62. The highest BCUT2D eigenvalue weighted by Crippen LogP contribution is 2.65. The average Bonchev–Trinajstić information content (AvgIpc) is 2.83. The van der Waals surface area contributed by atoms with E-state index in [2.05, 4.69) is 43.4 Å². The minimum Gasteiger partial charge on any atom is -0.299 e. The number of carbonyl (C=O) groups excluding carboxylic acids is 2. The van der Waals surface area contributed by atoms with Gasteiger partial charge in [-0.1, -0.05) is 48.9 Å². The van der Waals surface area contributed by atoms with Crippen molar-refractivity contribution in [1.82, 2.24) is 0 Å². The molecule has 0 aromatic carbocycles. The number of halogens is 1. The molecule has 0 aromatic rings. The number of ketones is 2. The summed E-state index contributed by atoms with van der Waals surface area (Å²) in [5.41, 5.74) is 1.53. The van der Waals surface area contributed by atoms with Gasteiger partial charge in [-0.15, -0.1) is 0 Å². The summed E-state index contributed by atoms with van der Waals surface area (Å²) < 4.78 is 0.110. The third kappa shape index (κ3) is 1.98. The highest BCUT2D eigenvalue weighted by molar-refractivity contribution is 14.1. The van der Waals surface area contributed by atoms with E-state index in [1.54, 1.807) is 0 Å². The molecule has 2 nitrogen and oxygen atoms in total. The number of fused-ring (bicyclic) bond motifs is 5.